The molecule has 5 heteroatoms. The molecule has 1 aliphatic heterocycles. The maximum Gasteiger partial charge on any atom is 0.234 e. The smallest absolute Gasteiger partial charge is 0.234 e. The van der Waals surface area contributed by atoms with E-state index in [9.17, 15) is 4.79 Å². The van der Waals surface area contributed by atoms with Crippen molar-refractivity contribution in [3.63, 3.8) is 0 Å². The minimum absolute atomic E-state index is 0.102. The lowest BCUT2D eigenvalue weighted by Crippen LogP contribution is -2.46. The van der Waals surface area contributed by atoms with Crippen LogP contribution in [0.15, 0.2) is 18.3 Å². The number of nitrogens with zero attached hydrogens (tertiary/aromatic N) is 2. The van der Waals surface area contributed by atoms with Gasteiger partial charge in [0.2, 0.25) is 5.91 Å². The fourth-order valence-corrected chi connectivity index (χ4v) is 2.74. The van der Waals surface area contributed by atoms with Crippen LogP contribution < -0.4 is 5.32 Å². The van der Waals surface area contributed by atoms with Crippen LogP contribution >= 0.6 is 0 Å². The van der Waals surface area contributed by atoms with Gasteiger partial charge in [-0.1, -0.05) is 20.8 Å². The van der Waals surface area contributed by atoms with Gasteiger partial charge in [-0.15, -0.1) is 0 Å². The Balaban J connectivity index is 1.89. The number of morpholine rings is 1. The maximum atomic E-state index is 12.2. The molecular formula is C17H29N3O2. The van der Waals surface area contributed by atoms with Crippen molar-refractivity contribution in [3.8, 4) is 0 Å². The van der Waals surface area contributed by atoms with Crippen molar-refractivity contribution >= 4 is 5.91 Å². The largest absolute Gasteiger partial charge is 0.378 e. The van der Waals surface area contributed by atoms with Crippen LogP contribution in [-0.4, -0.2) is 48.2 Å². The van der Waals surface area contributed by atoms with Gasteiger partial charge in [-0.2, -0.15) is 0 Å². The lowest BCUT2D eigenvalue weighted by atomic mass is 9.92. The fourth-order valence-electron chi connectivity index (χ4n) is 2.74. The Morgan fingerprint density at radius 2 is 2.23 bits per heavy atom. The summed E-state index contributed by atoms with van der Waals surface area (Å²) in [6.45, 7) is 9.86. The second-order valence-electron chi connectivity index (χ2n) is 7.27. The van der Waals surface area contributed by atoms with E-state index >= 15 is 0 Å². The zero-order valence-corrected chi connectivity index (χ0v) is 14.3. The molecule has 0 saturated carbocycles. The molecule has 0 spiro atoms. The van der Waals surface area contributed by atoms with Gasteiger partial charge >= 0.3 is 0 Å². The van der Waals surface area contributed by atoms with Gasteiger partial charge in [0, 0.05) is 32.0 Å². The normalized spacial score (nSPS) is 20.1. The van der Waals surface area contributed by atoms with E-state index in [1.54, 1.807) is 0 Å². The molecule has 5 nitrogen and oxygen atoms in total. The summed E-state index contributed by atoms with van der Waals surface area (Å²) in [6, 6.07) is 4.29. The van der Waals surface area contributed by atoms with Gasteiger partial charge in [-0.25, -0.2) is 0 Å². The van der Waals surface area contributed by atoms with E-state index < -0.39 is 0 Å². The Kier molecular flexibility index (Phi) is 5.64. The van der Waals surface area contributed by atoms with Gasteiger partial charge in [0.05, 0.1) is 25.8 Å². The van der Waals surface area contributed by atoms with Gasteiger partial charge in [0.15, 0.2) is 0 Å². The fraction of sp³-hybridized carbons (Fsp3) is 0.706. The van der Waals surface area contributed by atoms with Crippen molar-refractivity contribution in [2.24, 2.45) is 12.5 Å². The molecule has 0 bridgehead atoms. The Morgan fingerprint density at radius 1 is 1.45 bits per heavy atom. The molecule has 22 heavy (non-hydrogen) atoms. The predicted octanol–water partition coefficient (Wildman–Crippen LogP) is 1.95. The van der Waals surface area contributed by atoms with Gasteiger partial charge in [-0.05, 0) is 24.0 Å². The van der Waals surface area contributed by atoms with Crippen molar-refractivity contribution in [1.82, 2.24) is 14.8 Å². The topological polar surface area (TPSA) is 46.5 Å². The lowest BCUT2D eigenvalue weighted by molar-refractivity contribution is -0.124. The quantitative estimate of drug-likeness (QED) is 0.904. The Bertz CT molecular complexity index is 490. The first-order valence-electron chi connectivity index (χ1n) is 8.06. The van der Waals surface area contributed by atoms with Gasteiger partial charge < -0.3 is 14.6 Å². The summed E-state index contributed by atoms with van der Waals surface area (Å²) in [5.74, 6) is 0.102. The number of carbonyl (C=O) groups excluding carboxylic acids is 1. The molecule has 0 radical (unpaired) electrons. The van der Waals surface area contributed by atoms with Crippen LogP contribution in [0.2, 0.25) is 0 Å². The molecule has 1 fully saturated rings. The summed E-state index contributed by atoms with van der Waals surface area (Å²) in [5, 5.41) is 3.04. The molecule has 1 aromatic heterocycles. The molecule has 2 rings (SSSR count). The summed E-state index contributed by atoms with van der Waals surface area (Å²) in [6.07, 6.45) is 3.02. The third-order valence-corrected chi connectivity index (χ3v) is 4.11. The summed E-state index contributed by atoms with van der Waals surface area (Å²) < 4.78 is 7.71. The van der Waals surface area contributed by atoms with Crippen molar-refractivity contribution in [1.29, 1.82) is 0 Å². The highest BCUT2D eigenvalue weighted by Crippen LogP contribution is 2.23. The average molecular weight is 307 g/mol. The van der Waals surface area contributed by atoms with E-state index in [0.717, 1.165) is 19.5 Å². The second kappa shape index (κ2) is 7.29. The van der Waals surface area contributed by atoms with Crippen LogP contribution in [0.25, 0.3) is 0 Å². The average Bonchev–Trinajstić information content (AvgIpc) is 2.84. The molecule has 1 aromatic rings. The Morgan fingerprint density at radius 3 is 2.86 bits per heavy atom. The molecule has 1 aliphatic rings. The Hall–Kier alpha value is -1.33. The van der Waals surface area contributed by atoms with Gasteiger partial charge in [-0.3, -0.25) is 9.69 Å². The van der Waals surface area contributed by atoms with Crippen LogP contribution in [0.5, 0.6) is 0 Å². The van der Waals surface area contributed by atoms with Crippen molar-refractivity contribution in [2.45, 2.75) is 33.2 Å². The first-order chi connectivity index (χ1) is 10.4. The first-order valence-corrected chi connectivity index (χ1v) is 8.06. The standard InChI is InChI=1S/C17H29N3O2/c1-17(2,3)7-8-18-16(21)12-20-10-11-22-13-15(20)14-6-5-9-19(14)4/h5-6,9,15H,7-8,10-13H2,1-4H3,(H,18,21). The number of carbonyl (C=O) groups is 1. The number of hydrogen-bond donors (Lipinski definition) is 1. The minimum atomic E-state index is 0.102. The minimum Gasteiger partial charge on any atom is -0.378 e. The number of hydrogen-bond acceptors (Lipinski definition) is 3. The second-order valence-corrected chi connectivity index (χ2v) is 7.27. The Labute approximate surface area is 133 Å². The molecule has 1 amide bonds. The molecule has 2 heterocycles. The first kappa shape index (κ1) is 17.0. The number of aromatic nitrogens is 1. The van der Waals surface area contributed by atoms with Crippen LogP contribution in [0.3, 0.4) is 0 Å². The van der Waals surface area contributed by atoms with Crippen molar-refractivity contribution < 1.29 is 9.53 Å². The highest BCUT2D eigenvalue weighted by molar-refractivity contribution is 5.78. The van der Waals surface area contributed by atoms with Gasteiger partial charge in [0.1, 0.15) is 0 Å². The molecule has 0 aromatic carbocycles. The molecule has 1 unspecified atom stereocenters. The molecule has 0 aliphatic carbocycles. The van der Waals surface area contributed by atoms with Gasteiger partial charge in [0.25, 0.3) is 0 Å². The van der Waals surface area contributed by atoms with Crippen molar-refractivity contribution in [3.05, 3.63) is 24.0 Å². The maximum absolute atomic E-state index is 12.2. The summed E-state index contributed by atoms with van der Waals surface area (Å²) in [4.78, 5) is 14.4. The SMILES string of the molecule is Cn1cccc1C1COCCN1CC(=O)NCCC(C)(C)C. The third kappa shape index (κ3) is 4.85. The van der Waals surface area contributed by atoms with Crippen LogP contribution in [0, 0.1) is 5.41 Å². The summed E-state index contributed by atoms with van der Waals surface area (Å²) in [5.41, 5.74) is 1.44. The molecule has 1 N–H and O–H groups in total. The van der Waals surface area contributed by atoms with Crippen LogP contribution in [-0.2, 0) is 16.6 Å². The highest BCUT2D eigenvalue weighted by atomic mass is 16.5. The summed E-state index contributed by atoms with van der Waals surface area (Å²) in [7, 11) is 2.03. The highest BCUT2D eigenvalue weighted by Gasteiger charge is 2.27. The zero-order chi connectivity index (χ0) is 16.2. The number of amides is 1. The van der Waals surface area contributed by atoms with Crippen LogP contribution in [0.1, 0.15) is 38.9 Å². The monoisotopic (exact) mass is 307 g/mol. The number of rotatable bonds is 5. The number of nitrogens with one attached hydrogen (secondary N) is 1. The third-order valence-electron chi connectivity index (χ3n) is 4.11. The number of aryl methyl sites for hydroxylation is 1. The van der Waals surface area contributed by atoms with E-state index in [-0.39, 0.29) is 17.4 Å². The molecule has 1 saturated heterocycles. The molecular weight excluding hydrogens is 278 g/mol. The molecule has 124 valence electrons. The molecule has 1 atom stereocenters. The van der Waals surface area contributed by atoms with Crippen molar-refractivity contribution in [2.75, 3.05) is 32.8 Å². The lowest BCUT2D eigenvalue weighted by Gasteiger charge is -2.35. The van der Waals surface area contributed by atoms with E-state index in [4.69, 9.17) is 4.74 Å². The number of ether oxygens (including phenoxy) is 1. The summed E-state index contributed by atoms with van der Waals surface area (Å²) >= 11 is 0. The van der Waals surface area contributed by atoms with E-state index in [2.05, 4.69) is 41.6 Å². The van der Waals surface area contributed by atoms with E-state index in [1.807, 2.05) is 19.3 Å². The van der Waals surface area contributed by atoms with E-state index in [1.165, 1.54) is 5.69 Å². The zero-order valence-electron chi connectivity index (χ0n) is 14.3. The predicted molar refractivity (Wildman–Crippen MR) is 87.6 cm³/mol. The van der Waals surface area contributed by atoms with Crippen LogP contribution in [0.4, 0.5) is 0 Å². The van der Waals surface area contributed by atoms with E-state index in [0.29, 0.717) is 19.8 Å².